The maximum atomic E-state index is 12.2. The lowest BCUT2D eigenvalue weighted by atomic mass is 10.1. The molecule has 2 heterocycles. The number of carbonyl (C=O) groups excluding carboxylic acids is 1. The van der Waals surface area contributed by atoms with Crippen LogP contribution >= 0.6 is 11.8 Å². The standard InChI is InChI=1S/C17H18N6OS/c1-2-12-7-3-4-8-13(12)20-15(24)11-25-17-22-21-16(23(17)18)14-9-5-6-10-19-14/h3-10H,2,11,18H2,1H3,(H,20,24). The fourth-order valence-electron chi connectivity index (χ4n) is 2.31. The number of hydrogen-bond donors (Lipinski definition) is 2. The number of para-hydroxylation sites is 1. The maximum Gasteiger partial charge on any atom is 0.234 e. The fraction of sp³-hybridized carbons (Fsp3) is 0.176. The van der Waals surface area contributed by atoms with Crippen LogP contribution in [-0.2, 0) is 11.2 Å². The molecule has 7 nitrogen and oxygen atoms in total. The lowest BCUT2D eigenvalue weighted by molar-refractivity contribution is -0.113. The number of nitrogens with two attached hydrogens (primary N) is 1. The number of pyridine rings is 1. The van der Waals surface area contributed by atoms with Gasteiger partial charge in [-0.2, -0.15) is 0 Å². The van der Waals surface area contributed by atoms with Crippen LogP contribution in [0.4, 0.5) is 5.69 Å². The van der Waals surface area contributed by atoms with Gasteiger partial charge < -0.3 is 11.2 Å². The number of nitrogens with one attached hydrogen (secondary N) is 1. The van der Waals surface area contributed by atoms with Crippen LogP contribution in [0.3, 0.4) is 0 Å². The van der Waals surface area contributed by atoms with Crippen LogP contribution in [0.2, 0.25) is 0 Å². The molecule has 3 N–H and O–H groups in total. The van der Waals surface area contributed by atoms with Crippen molar-refractivity contribution in [2.24, 2.45) is 0 Å². The predicted octanol–water partition coefficient (Wildman–Crippen LogP) is 2.35. The number of amides is 1. The molecule has 0 saturated heterocycles. The Kier molecular flexibility index (Phi) is 5.30. The van der Waals surface area contributed by atoms with Crippen LogP contribution in [0.15, 0.2) is 53.8 Å². The number of carbonyl (C=O) groups is 1. The molecule has 0 atom stereocenters. The predicted molar refractivity (Wildman–Crippen MR) is 98.6 cm³/mol. The van der Waals surface area contributed by atoms with Crippen molar-refractivity contribution in [1.29, 1.82) is 0 Å². The molecule has 3 rings (SSSR count). The van der Waals surface area contributed by atoms with E-state index in [1.54, 1.807) is 12.3 Å². The Bertz CT molecular complexity index is 865. The Morgan fingerprint density at radius 2 is 2.00 bits per heavy atom. The Hall–Kier alpha value is -2.87. The number of nitrogens with zero attached hydrogens (tertiary/aromatic N) is 4. The highest BCUT2D eigenvalue weighted by Crippen LogP contribution is 2.21. The summed E-state index contributed by atoms with van der Waals surface area (Å²) in [6, 6.07) is 13.2. The Morgan fingerprint density at radius 1 is 1.20 bits per heavy atom. The molecule has 0 saturated carbocycles. The molecule has 0 spiro atoms. The minimum absolute atomic E-state index is 0.117. The van der Waals surface area contributed by atoms with Crippen LogP contribution in [-0.4, -0.2) is 31.5 Å². The molecule has 0 unspecified atom stereocenters. The minimum atomic E-state index is -0.117. The Labute approximate surface area is 149 Å². The van der Waals surface area contributed by atoms with Crippen LogP contribution in [0.1, 0.15) is 12.5 Å². The van der Waals surface area contributed by atoms with Crippen molar-refractivity contribution in [3.63, 3.8) is 0 Å². The Balaban J connectivity index is 1.64. The summed E-state index contributed by atoms with van der Waals surface area (Å²) >= 11 is 1.23. The van der Waals surface area contributed by atoms with Crippen LogP contribution in [0.25, 0.3) is 11.5 Å². The lowest BCUT2D eigenvalue weighted by Gasteiger charge is -2.09. The average molecular weight is 354 g/mol. The van der Waals surface area contributed by atoms with Gasteiger partial charge in [-0.25, -0.2) is 4.68 Å². The van der Waals surface area contributed by atoms with Crippen LogP contribution < -0.4 is 11.2 Å². The fourth-order valence-corrected chi connectivity index (χ4v) is 2.97. The summed E-state index contributed by atoms with van der Waals surface area (Å²) < 4.78 is 1.35. The summed E-state index contributed by atoms with van der Waals surface area (Å²) in [4.78, 5) is 16.4. The molecule has 8 heteroatoms. The first kappa shape index (κ1) is 17.0. The van der Waals surface area contributed by atoms with Gasteiger partial charge in [-0.3, -0.25) is 9.78 Å². The molecule has 0 aliphatic heterocycles. The zero-order valence-electron chi connectivity index (χ0n) is 13.7. The summed E-state index contributed by atoms with van der Waals surface area (Å²) in [6.45, 7) is 2.05. The smallest absolute Gasteiger partial charge is 0.234 e. The second-order valence-corrected chi connectivity index (χ2v) is 6.18. The van der Waals surface area contributed by atoms with Gasteiger partial charge in [0.1, 0.15) is 5.69 Å². The molecule has 2 aromatic heterocycles. The van der Waals surface area contributed by atoms with E-state index in [1.807, 2.05) is 36.4 Å². The average Bonchev–Trinajstić information content (AvgIpc) is 3.02. The van der Waals surface area contributed by atoms with Gasteiger partial charge in [0.25, 0.3) is 0 Å². The van der Waals surface area contributed by atoms with E-state index in [0.29, 0.717) is 16.7 Å². The number of aryl methyl sites for hydroxylation is 1. The highest BCUT2D eigenvalue weighted by Gasteiger charge is 2.14. The van der Waals surface area contributed by atoms with Gasteiger partial charge in [0.15, 0.2) is 0 Å². The van der Waals surface area contributed by atoms with Gasteiger partial charge in [-0.15, -0.1) is 10.2 Å². The second-order valence-electron chi connectivity index (χ2n) is 5.24. The first-order chi connectivity index (χ1) is 12.2. The highest BCUT2D eigenvalue weighted by molar-refractivity contribution is 7.99. The molecule has 0 aliphatic rings. The molecule has 128 valence electrons. The molecule has 25 heavy (non-hydrogen) atoms. The van der Waals surface area contributed by atoms with Gasteiger partial charge >= 0.3 is 0 Å². The molecule has 0 radical (unpaired) electrons. The van der Waals surface area contributed by atoms with E-state index in [1.165, 1.54) is 16.4 Å². The third-order valence-corrected chi connectivity index (χ3v) is 4.51. The molecule has 3 aromatic rings. The highest BCUT2D eigenvalue weighted by atomic mass is 32.2. The van der Waals surface area contributed by atoms with Gasteiger partial charge in [0.2, 0.25) is 16.9 Å². The van der Waals surface area contributed by atoms with E-state index in [4.69, 9.17) is 5.84 Å². The van der Waals surface area contributed by atoms with E-state index in [2.05, 4.69) is 27.4 Å². The SMILES string of the molecule is CCc1ccccc1NC(=O)CSc1nnc(-c2ccccn2)n1N. The topological polar surface area (TPSA) is 98.7 Å². The summed E-state index contributed by atoms with van der Waals surface area (Å²) in [5.74, 6) is 6.55. The van der Waals surface area contributed by atoms with Crippen molar-refractivity contribution < 1.29 is 4.79 Å². The molecule has 0 bridgehead atoms. The summed E-state index contributed by atoms with van der Waals surface area (Å²) in [7, 11) is 0. The van der Waals surface area contributed by atoms with E-state index in [0.717, 1.165) is 17.7 Å². The molecule has 1 aromatic carbocycles. The van der Waals surface area contributed by atoms with E-state index < -0.39 is 0 Å². The normalized spacial score (nSPS) is 10.6. The number of anilines is 1. The number of benzene rings is 1. The summed E-state index contributed by atoms with van der Waals surface area (Å²) in [5, 5.41) is 11.5. The molecule has 1 amide bonds. The van der Waals surface area contributed by atoms with Gasteiger partial charge in [0.05, 0.1) is 5.75 Å². The van der Waals surface area contributed by atoms with Crippen molar-refractivity contribution in [2.45, 2.75) is 18.5 Å². The second kappa shape index (κ2) is 7.80. The van der Waals surface area contributed by atoms with Gasteiger partial charge in [-0.05, 0) is 30.2 Å². The molecular weight excluding hydrogens is 336 g/mol. The first-order valence-electron chi connectivity index (χ1n) is 7.81. The largest absolute Gasteiger partial charge is 0.335 e. The number of nitrogen functional groups attached to an aromatic ring is 1. The maximum absolute atomic E-state index is 12.2. The van der Waals surface area contributed by atoms with Crippen molar-refractivity contribution in [1.82, 2.24) is 19.9 Å². The number of rotatable bonds is 6. The number of aromatic nitrogens is 4. The van der Waals surface area contributed by atoms with Gasteiger partial charge in [-0.1, -0.05) is 43.0 Å². The first-order valence-corrected chi connectivity index (χ1v) is 8.80. The zero-order valence-corrected chi connectivity index (χ0v) is 14.5. The zero-order chi connectivity index (χ0) is 17.6. The molecule has 0 aliphatic carbocycles. The lowest BCUT2D eigenvalue weighted by Crippen LogP contribution is -2.17. The minimum Gasteiger partial charge on any atom is -0.335 e. The van der Waals surface area contributed by atoms with Crippen LogP contribution in [0.5, 0.6) is 0 Å². The van der Waals surface area contributed by atoms with Crippen molar-refractivity contribution in [2.75, 3.05) is 16.9 Å². The van der Waals surface area contributed by atoms with E-state index in [-0.39, 0.29) is 11.7 Å². The summed E-state index contributed by atoms with van der Waals surface area (Å²) in [6.07, 6.45) is 2.52. The molecule has 0 fully saturated rings. The third kappa shape index (κ3) is 3.97. The van der Waals surface area contributed by atoms with Crippen molar-refractivity contribution in [3.8, 4) is 11.5 Å². The quantitative estimate of drug-likeness (QED) is 0.521. The van der Waals surface area contributed by atoms with Gasteiger partial charge in [0, 0.05) is 11.9 Å². The monoisotopic (exact) mass is 354 g/mol. The Morgan fingerprint density at radius 3 is 2.76 bits per heavy atom. The number of thioether (sulfide) groups is 1. The number of hydrogen-bond acceptors (Lipinski definition) is 6. The summed E-state index contributed by atoms with van der Waals surface area (Å²) in [5.41, 5.74) is 2.56. The molecular formula is C17H18N6OS. The van der Waals surface area contributed by atoms with E-state index >= 15 is 0 Å². The van der Waals surface area contributed by atoms with Crippen LogP contribution in [0, 0.1) is 0 Å². The van der Waals surface area contributed by atoms with Crippen molar-refractivity contribution in [3.05, 3.63) is 54.2 Å². The third-order valence-electron chi connectivity index (χ3n) is 3.56. The van der Waals surface area contributed by atoms with Crippen molar-refractivity contribution >= 4 is 23.4 Å². The van der Waals surface area contributed by atoms with E-state index in [9.17, 15) is 4.79 Å².